The minimum Gasteiger partial charge on any atom is -0.322 e. The Kier molecular flexibility index (Phi) is 4.58. The molecule has 7 heteroatoms. The zero-order valence-corrected chi connectivity index (χ0v) is 12.7. The molecule has 1 N–H and O–H groups in total. The van der Waals surface area contributed by atoms with Crippen LogP contribution < -0.4 is 5.32 Å². The van der Waals surface area contributed by atoms with Gasteiger partial charge in [-0.15, -0.1) is 0 Å². The Labute approximate surface area is 132 Å². The quantitative estimate of drug-likeness (QED) is 0.747. The summed E-state index contributed by atoms with van der Waals surface area (Å²) in [5.41, 5.74) is -0.634. The zero-order chi connectivity index (χ0) is 15.6. The van der Waals surface area contributed by atoms with Crippen LogP contribution in [0.5, 0.6) is 0 Å². The van der Waals surface area contributed by atoms with Crippen molar-refractivity contribution in [3.05, 3.63) is 63.1 Å². The summed E-state index contributed by atoms with van der Waals surface area (Å²) in [6.07, 6.45) is -4.51. The Balaban J connectivity index is 2.29. The molecule has 0 saturated heterocycles. The van der Waals surface area contributed by atoms with Gasteiger partial charge in [0.2, 0.25) is 0 Å². The summed E-state index contributed by atoms with van der Waals surface area (Å²) < 4.78 is 38.3. The number of carbonyl (C=O) groups excluding carboxylic acids is 1. The van der Waals surface area contributed by atoms with Gasteiger partial charge < -0.3 is 5.32 Å². The van der Waals surface area contributed by atoms with Gasteiger partial charge in [-0.1, -0.05) is 39.7 Å². The number of amides is 1. The number of alkyl halides is 3. The summed E-state index contributed by atoms with van der Waals surface area (Å²) in [4.78, 5) is 12.0. The molecule has 0 aliphatic heterocycles. The van der Waals surface area contributed by atoms with Crippen LogP contribution >= 0.6 is 27.5 Å². The molecule has 0 radical (unpaired) electrons. The minimum absolute atomic E-state index is 0.0374. The van der Waals surface area contributed by atoms with E-state index in [1.54, 1.807) is 12.1 Å². The standard InChI is InChI=1S/C14H8BrClF3NO/c15-11-6-5-8(7-10(11)14(17,18)19)20-13(21)9-3-1-2-4-12(9)16/h1-7H,(H,20,21). The van der Waals surface area contributed by atoms with Crippen molar-refractivity contribution in [3.63, 3.8) is 0 Å². The van der Waals surface area contributed by atoms with E-state index in [9.17, 15) is 18.0 Å². The van der Waals surface area contributed by atoms with Crippen LogP contribution in [0, 0.1) is 0 Å². The number of rotatable bonds is 2. The van der Waals surface area contributed by atoms with Gasteiger partial charge in [0, 0.05) is 10.2 Å². The molecule has 0 fully saturated rings. The van der Waals surface area contributed by atoms with Crippen LogP contribution in [0.4, 0.5) is 18.9 Å². The lowest BCUT2D eigenvalue weighted by atomic mass is 10.1. The lowest BCUT2D eigenvalue weighted by Crippen LogP contribution is -2.14. The van der Waals surface area contributed by atoms with E-state index in [1.807, 2.05) is 0 Å². The van der Waals surface area contributed by atoms with E-state index in [-0.39, 0.29) is 20.7 Å². The SMILES string of the molecule is O=C(Nc1ccc(Br)c(C(F)(F)F)c1)c1ccccc1Cl. The van der Waals surface area contributed by atoms with Crippen LogP contribution in [0.25, 0.3) is 0 Å². The average molecular weight is 379 g/mol. The maximum atomic E-state index is 12.8. The molecule has 2 nitrogen and oxygen atoms in total. The molecule has 0 atom stereocenters. The average Bonchev–Trinajstić information content (AvgIpc) is 2.40. The highest BCUT2D eigenvalue weighted by Gasteiger charge is 2.33. The first kappa shape index (κ1) is 15.9. The van der Waals surface area contributed by atoms with Crippen LogP contribution in [-0.4, -0.2) is 5.91 Å². The van der Waals surface area contributed by atoms with Crippen molar-refractivity contribution >= 4 is 39.1 Å². The van der Waals surface area contributed by atoms with Gasteiger partial charge in [-0.25, -0.2) is 0 Å². The number of carbonyl (C=O) groups is 1. The lowest BCUT2D eigenvalue weighted by molar-refractivity contribution is -0.138. The fourth-order valence-electron chi connectivity index (χ4n) is 1.66. The predicted octanol–water partition coefficient (Wildman–Crippen LogP) is 5.37. The van der Waals surface area contributed by atoms with E-state index in [1.165, 1.54) is 24.3 Å². The van der Waals surface area contributed by atoms with Gasteiger partial charge >= 0.3 is 6.18 Å². The summed E-state index contributed by atoms with van der Waals surface area (Å²) in [6, 6.07) is 9.74. The number of hydrogen-bond acceptors (Lipinski definition) is 1. The van der Waals surface area contributed by atoms with Crippen molar-refractivity contribution in [2.24, 2.45) is 0 Å². The topological polar surface area (TPSA) is 29.1 Å². The molecule has 2 aromatic carbocycles. The largest absolute Gasteiger partial charge is 0.417 e. The third-order valence-corrected chi connectivity index (χ3v) is 3.67. The van der Waals surface area contributed by atoms with Gasteiger partial charge in [0.05, 0.1) is 16.1 Å². The summed E-state index contributed by atoms with van der Waals surface area (Å²) in [7, 11) is 0. The summed E-state index contributed by atoms with van der Waals surface area (Å²) in [5, 5.41) is 2.62. The Morgan fingerprint density at radius 3 is 2.43 bits per heavy atom. The van der Waals surface area contributed by atoms with Crippen LogP contribution in [-0.2, 0) is 6.18 Å². The second-order valence-corrected chi connectivity index (χ2v) is 5.39. The molecule has 0 aromatic heterocycles. The fraction of sp³-hybridized carbons (Fsp3) is 0.0714. The molecular formula is C14H8BrClF3NO. The Morgan fingerprint density at radius 2 is 1.81 bits per heavy atom. The smallest absolute Gasteiger partial charge is 0.322 e. The highest BCUT2D eigenvalue weighted by molar-refractivity contribution is 9.10. The minimum atomic E-state index is -4.51. The second kappa shape index (κ2) is 6.07. The van der Waals surface area contributed by atoms with Crippen molar-refractivity contribution in [1.29, 1.82) is 0 Å². The van der Waals surface area contributed by atoms with Crippen molar-refractivity contribution in [1.82, 2.24) is 0 Å². The summed E-state index contributed by atoms with van der Waals surface area (Å²) >= 11 is 8.70. The number of benzene rings is 2. The van der Waals surface area contributed by atoms with Crippen LogP contribution in [0.1, 0.15) is 15.9 Å². The van der Waals surface area contributed by atoms with Crippen LogP contribution in [0.2, 0.25) is 5.02 Å². The number of nitrogens with one attached hydrogen (secondary N) is 1. The van der Waals surface area contributed by atoms with Crippen LogP contribution in [0.15, 0.2) is 46.9 Å². The third kappa shape index (κ3) is 3.77. The molecule has 110 valence electrons. The molecule has 0 bridgehead atoms. The van der Waals surface area contributed by atoms with Crippen molar-refractivity contribution in [2.45, 2.75) is 6.18 Å². The molecule has 0 aliphatic carbocycles. The number of anilines is 1. The number of hydrogen-bond donors (Lipinski definition) is 1. The summed E-state index contributed by atoms with van der Waals surface area (Å²) in [5.74, 6) is -0.573. The van der Waals surface area contributed by atoms with Crippen LogP contribution in [0.3, 0.4) is 0 Å². The van der Waals surface area contributed by atoms with Gasteiger partial charge in [0.1, 0.15) is 0 Å². The zero-order valence-electron chi connectivity index (χ0n) is 10.3. The lowest BCUT2D eigenvalue weighted by Gasteiger charge is -2.12. The van der Waals surface area contributed by atoms with Crippen molar-refractivity contribution in [2.75, 3.05) is 5.32 Å². The molecule has 21 heavy (non-hydrogen) atoms. The Hall–Kier alpha value is -1.53. The predicted molar refractivity (Wildman–Crippen MR) is 78.5 cm³/mol. The molecule has 1 amide bonds. The fourth-order valence-corrected chi connectivity index (χ4v) is 2.36. The Morgan fingerprint density at radius 1 is 1.14 bits per heavy atom. The van der Waals surface area contributed by atoms with E-state index < -0.39 is 17.6 Å². The van der Waals surface area contributed by atoms with E-state index in [0.717, 1.165) is 6.07 Å². The third-order valence-electron chi connectivity index (χ3n) is 2.65. The van der Waals surface area contributed by atoms with Gasteiger partial charge in [-0.3, -0.25) is 4.79 Å². The molecule has 2 rings (SSSR count). The van der Waals surface area contributed by atoms with E-state index in [2.05, 4.69) is 21.2 Å². The highest BCUT2D eigenvalue weighted by atomic mass is 79.9. The van der Waals surface area contributed by atoms with Gasteiger partial charge in [0.25, 0.3) is 5.91 Å². The van der Waals surface area contributed by atoms with Crippen molar-refractivity contribution < 1.29 is 18.0 Å². The monoisotopic (exact) mass is 377 g/mol. The second-order valence-electron chi connectivity index (χ2n) is 4.13. The highest BCUT2D eigenvalue weighted by Crippen LogP contribution is 2.36. The molecule has 0 saturated carbocycles. The molecule has 0 heterocycles. The number of halogens is 5. The molecule has 0 spiro atoms. The van der Waals surface area contributed by atoms with E-state index in [0.29, 0.717) is 0 Å². The van der Waals surface area contributed by atoms with Gasteiger partial charge in [0.15, 0.2) is 0 Å². The molecule has 0 aliphatic rings. The molecular weight excluding hydrogens is 371 g/mol. The van der Waals surface area contributed by atoms with Crippen molar-refractivity contribution in [3.8, 4) is 0 Å². The normalized spacial score (nSPS) is 11.3. The Bertz CT molecular complexity index is 688. The first-order valence-corrected chi connectivity index (χ1v) is 6.89. The van der Waals surface area contributed by atoms with Gasteiger partial charge in [-0.2, -0.15) is 13.2 Å². The molecule has 2 aromatic rings. The van der Waals surface area contributed by atoms with E-state index >= 15 is 0 Å². The first-order chi connectivity index (χ1) is 9.79. The maximum absolute atomic E-state index is 12.8. The first-order valence-electron chi connectivity index (χ1n) is 5.71. The molecule has 0 unspecified atom stereocenters. The van der Waals surface area contributed by atoms with Gasteiger partial charge in [-0.05, 0) is 30.3 Å². The maximum Gasteiger partial charge on any atom is 0.417 e. The summed E-state index contributed by atoms with van der Waals surface area (Å²) in [6.45, 7) is 0. The van der Waals surface area contributed by atoms with E-state index in [4.69, 9.17) is 11.6 Å².